The fraction of sp³-hybridized carbons (Fsp3) is 0.286. The third-order valence-corrected chi connectivity index (χ3v) is 4.57. The number of aliphatic hydroxyl groups excluding tert-OH is 1. The van der Waals surface area contributed by atoms with E-state index >= 15 is 0 Å². The molecule has 0 aliphatic carbocycles. The van der Waals surface area contributed by atoms with E-state index in [9.17, 15) is 5.11 Å². The molecule has 0 spiro atoms. The maximum absolute atomic E-state index is 10.5. The third-order valence-electron chi connectivity index (χ3n) is 2.65. The van der Waals surface area contributed by atoms with Gasteiger partial charge in [0.2, 0.25) is 0 Å². The lowest BCUT2D eigenvalue weighted by molar-refractivity contribution is 0.142. The van der Waals surface area contributed by atoms with Crippen LogP contribution in [0.25, 0.3) is 0 Å². The van der Waals surface area contributed by atoms with Crippen molar-refractivity contribution >= 4 is 27.3 Å². The Hall–Kier alpha value is -0.880. The summed E-state index contributed by atoms with van der Waals surface area (Å²) in [6.45, 7) is 0.985. The summed E-state index contributed by atoms with van der Waals surface area (Å²) in [4.78, 5) is 0.878. The van der Waals surface area contributed by atoms with Gasteiger partial charge in [-0.05, 0) is 33.4 Å². The molecule has 0 bridgehead atoms. The molecule has 1 N–H and O–H groups in total. The Morgan fingerprint density at radius 3 is 2.74 bits per heavy atom. The topological polar surface area (TPSA) is 38.7 Å². The number of rotatable bonds is 6. The molecule has 1 aromatic heterocycles. The first-order valence-corrected chi connectivity index (χ1v) is 7.53. The Morgan fingerprint density at radius 1 is 1.26 bits per heavy atom. The molecule has 0 saturated carbocycles. The van der Waals surface area contributed by atoms with Crippen LogP contribution < -0.4 is 4.74 Å². The van der Waals surface area contributed by atoms with Crippen LogP contribution in [0.5, 0.6) is 5.75 Å². The van der Waals surface area contributed by atoms with Gasteiger partial charge in [-0.2, -0.15) is 0 Å². The summed E-state index contributed by atoms with van der Waals surface area (Å²) in [5, 5.41) is 12.4. The van der Waals surface area contributed by atoms with Crippen LogP contribution in [0.3, 0.4) is 0 Å². The maximum Gasteiger partial charge on any atom is 0.125 e. The lowest BCUT2D eigenvalue weighted by atomic mass is 10.1. The molecule has 19 heavy (non-hydrogen) atoms. The van der Waals surface area contributed by atoms with Gasteiger partial charge in [0.1, 0.15) is 18.5 Å². The van der Waals surface area contributed by atoms with Gasteiger partial charge in [0.15, 0.2) is 0 Å². The highest BCUT2D eigenvalue weighted by Crippen LogP contribution is 2.36. The largest absolute Gasteiger partial charge is 0.491 e. The molecular weight excluding hydrogens is 328 g/mol. The molecule has 0 aliphatic heterocycles. The monoisotopic (exact) mass is 342 g/mol. The summed E-state index contributed by atoms with van der Waals surface area (Å²) < 4.78 is 11.5. The number of hydrogen-bond donors (Lipinski definition) is 1. The highest BCUT2D eigenvalue weighted by molar-refractivity contribution is 9.10. The zero-order valence-electron chi connectivity index (χ0n) is 10.5. The van der Waals surface area contributed by atoms with Gasteiger partial charge in [-0.3, -0.25) is 0 Å². The fourth-order valence-corrected chi connectivity index (χ4v) is 3.31. The highest BCUT2D eigenvalue weighted by atomic mass is 79.9. The van der Waals surface area contributed by atoms with E-state index in [1.807, 2.05) is 35.7 Å². The van der Waals surface area contributed by atoms with Gasteiger partial charge in [0.25, 0.3) is 0 Å². The average Bonchev–Trinajstić information content (AvgIpc) is 2.85. The van der Waals surface area contributed by atoms with Crippen molar-refractivity contribution in [3.8, 4) is 5.75 Å². The van der Waals surface area contributed by atoms with E-state index in [0.717, 1.165) is 14.9 Å². The van der Waals surface area contributed by atoms with Crippen molar-refractivity contribution in [2.75, 3.05) is 20.3 Å². The smallest absolute Gasteiger partial charge is 0.125 e. The summed E-state index contributed by atoms with van der Waals surface area (Å²) >= 11 is 4.95. The van der Waals surface area contributed by atoms with Gasteiger partial charge in [-0.1, -0.05) is 18.2 Å². The van der Waals surface area contributed by atoms with Gasteiger partial charge in [0, 0.05) is 17.1 Å². The lowest BCUT2D eigenvalue weighted by Gasteiger charge is -2.15. The average molecular weight is 343 g/mol. The second-order valence-electron chi connectivity index (χ2n) is 3.91. The molecule has 5 heteroatoms. The Labute approximate surface area is 124 Å². The number of benzene rings is 1. The third kappa shape index (κ3) is 3.57. The van der Waals surface area contributed by atoms with E-state index in [-0.39, 0.29) is 0 Å². The first kappa shape index (κ1) is 14.5. The Bertz CT molecular complexity index is 527. The number of thiophene rings is 1. The van der Waals surface area contributed by atoms with E-state index in [1.54, 1.807) is 7.11 Å². The van der Waals surface area contributed by atoms with Crippen LogP contribution in [0.15, 0.2) is 40.2 Å². The molecule has 1 aromatic carbocycles. The molecule has 0 saturated heterocycles. The summed E-state index contributed by atoms with van der Waals surface area (Å²) in [5.74, 6) is 0.687. The van der Waals surface area contributed by atoms with E-state index in [4.69, 9.17) is 9.47 Å². The van der Waals surface area contributed by atoms with E-state index in [0.29, 0.717) is 19.0 Å². The molecule has 3 nitrogen and oxygen atoms in total. The van der Waals surface area contributed by atoms with Crippen LogP contribution in [0.1, 0.15) is 16.5 Å². The summed E-state index contributed by atoms with van der Waals surface area (Å²) in [6, 6.07) is 9.44. The molecule has 1 atom stereocenters. The van der Waals surface area contributed by atoms with Crippen molar-refractivity contribution in [3.05, 3.63) is 50.6 Å². The van der Waals surface area contributed by atoms with Gasteiger partial charge in [-0.25, -0.2) is 0 Å². The molecule has 102 valence electrons. The van der Waals surface area contributed by atoms with Crippen LogP contribution >= 0.6 is 27.3 Å². The van der Waals surface area contributed by atoms with Crippen molar-refractivity contribution in [3.63, 3.8) is 0 Å². The molecule has 0 radical (unpaired) electrons. The van der Waals surface area contributed by atoms with Crippen LogP contribution in [0.4, 0.5) is 0 Å². The SMILES string of the molecule is COCCOc1ccccc1C(O)c1sccc1Br. The molecule has 2 aromatic rings. The zero-order valence-corrected chi connectivity index (χ0v) is 12.9. The summed E-state index contributed by atoms with van der Waals surface area (Å²) in [5.41, 5.74) is 0.766. The van der Waals surface area contributed by atoms with Crippen molar-refractivity contribution in [1.82, 2.24) is 0 Å². The van der Waals surface area contributed by atoms with E-state index in [2.05, 4.69) is 15.9 Å². The number of ether oxygens (including phenoxy) is 2. The van der Waals surface area contributed by atoms with Crippen molar-refractivity contribution in [2.45, 2.75) is 6.10 Å². The lowest BCUT2D eigenvalue weighted by Crippen LogP contribution is -2.08. The summed E-state index contributed by atoms with van der Waals surface area (Å²) in [7, 11) is 1.63. The standard InChI is InChI=1S/C14H15BrO3S/c1-17-7-8-18-12-5-3-2-4-10(12)13(16)14-11(15)6-9-19-14/h2-6,9,13,16H,7-8H2,1H3. The van der Waals surface area contributed by atoms with E-state index in [1.165, 1.54) is 11.3 Å². The molecule has 1 unspecified atom stereocenters. The summed E-state index contributed by atoms with van der Waals surface area (Å²) in [6.07, 6.45) is -0.687. The zero-order chi connectivity index (χ0) is 13.7. The minimum absolute atomic E-state index is 0.464. The fourth-order valence-electron chi connectivity index (χ4n) is 1.71. The quantitative estimate of drug-likeness (QED) is 0.815. The maximum atomic E-state index is 10.5. The van der Waals surface area contributed by atoms with Crippen LogP contribution in [0, 0.1) is 0 Å². The highest BCUT2D eigenvalue weighted by Gasteiger charge is 2.18. The first-order valence-electron chi connectivity index (χ1n) is 5.85. The Balaban J connectivity index is 2.21. The number of aliphatic hydroxyl groups is 1. The molecule has 0 amide bonds. The van der Waals surface area contributed by atoms with Gasteiger partial charge in [0.05, 0.1) is 11.5 Å². The van der Waals surface area contributed by atoms with Gasteiger partial charge < -0.3 is 14.6 Å². The second kappa shape index (κ2) is 7.05. The number of halogens is 1. The molecule has 0 fully saturated rings. The van der Waals surface area contributed by atoms with Crippen molar-refractivity contribution in [2.24, 2.45) is 0 Å². The van der Waals surface area contributed by atoms with Crippen molar-refractivity contribution in [1.29, 1.82) is 0 Å². The predicted octanol–water partition coefficient (Wildman–Crippen LogP) is 3.62. The Kier molecular flexibility index (Phi) is 5.39. The van der Waals surface area contributed by atoms with Crippen LogP contribution in [0.2, 0.25) is 0 Å². The number of hydrogen-bond acceptors (Lipinski definition) is 4. The van der Waals surface area contributed by atoms with Crippen molar-refractivity contribution < 1.29 is 14.6 Å². The first-order chi connectivity index (χ1) is 9.24. The number of para-hydroxylation sites is 1. The minimum atomic E-state index is -0.687. The molecular formula is C14H15BrO3S. The minimum Gasteiger partial charge on any atom is -0.491 e. The normalized spacial score (nSPS) is 12.4. The molecule has 0 aliphatic rings. The van der Waals surface area contributed by atoms with Gasteiger partial charge in [-0.15, -0.1) is 11.3 Å². The number of methoxy groups -OCH3 is 1. The van der Waals surface area contributed by atoms with Gasteiger partial charge >= 0.3 is 0 Å². The van der Waals surface area contributed by atoms with Crippen LogP contribution in [-0.4, -0.2) is 25.4 Å². The molecule has 2 rings (SSSR count). The Morgan fingerprint density at radius 2 is 2.05 bits per heavy atom. The second-order valence-corrected chi connectivity index (χ2v) is 5.72. The van der Waals surface area contributed by atoms with Crippen LogP contribution in [-0.2, 0) is 4.74 Å². The van der Waals surface area contributed by atoms with E-state index < -0.39 is 6.10 Å². The molecule has 1 heterocycles. The predicted molar refractivity (Wildman–Crippen MR) is 79.9 cm³/mol.